The molecule has 3 nitrogen and oxygen atoms in total. The Morgan fingerprint density at radius 2 is 1.93 bits per heavy atom. The van der Waals surface area contributed by atoms with Crippen LogP contribution in [0.2, 0.25) is 0 Å². The highest BCUT2D eigenvalue weighted by atomic mass is 16.5. The average molecular weight is 212 g/mol. The van der Waals surface area contributed by atoms with Gasteiger partial charge in [-0.1, -0.05) is 6.42 Å². The highest BCUT2D eigenvalue weighted by Crippen LogP contribution is 2.33. The molecule has 1 heterocycles. The Kier molecular flexibility index (Phi) is 4.00. The van der Waals surface area contributed by atoms with Gasteiger partial charge in [0.2, 0.25) is 0 Å². The molecule has 1 saturated heterocycles. The third-order valence-corrected chi connectivity index (χ3v) is 4.23. The third-order valence-electron chi connectivity index (χ3n) is 4.23. The lowest BCUT2D eigenvalue weighted by Crippen LogP contribution is -2.51. The molecule has 0 aromatic rings. The molecule has 1 aliphatic heterocycles. The average Bonchev–Trinajstić information content (AvgIpc) is 2.23. The van der Waals surface area contributed by atoms with Crippen molar-refractivity contribution in [1.29, 1.82) is 0 Å². The van der Waals surface area contributed by atoms with Crippen molar-refractivity contribution in [2.24, 2.45) is 11.7 Å². The highest BCUT2D eigenvalue weighted by molar-refractivity contribution is 4.87. The molecule has 3 heteroatoms. The van der Waals surface area contributed by atoms with Gasteiger partial charge in [0.1, 0.15) is 0 Å². The number of nitrogens with two attached hydrogens (primary N) is 1. The van der Waals surface area contributed by atoms with E-state index in [-0.39, 0.29) is 0 Å². The third kappa shape index (κ3) is 2.52. The first-order valence-corrected chi connectivity index (χ1v) is 6.32. The fraction of sp³-hybridized carbons (Fsp3) is 1.00. The van der Waals surface area contributed by atoms with Crippen LogP contribution in [0.25, 0.3) is 0 Å². The summed E-state index contributed by atoms with van der Waals surface area (Å²) in [5, 5.41) is 0. The largest absolute Gasteiger partial charge is 0.381 e. The molecule has 2 aliphatic rings. The molecule has 1 aliphatic carbocycles. The van der Waals surface area contributed by atoms with Gasteiger partial charge in [0.25, 0.3) is 0 Å². The van der Waals surface area contributed by atoms with Crippen molar-refractivity contribution in [2.75, 3.05) is 26.8 Å². The first kappa shape index (κ1) is 11.4. The van der Waals surface area contributed by atoms with Crippen LogP contribution in [0.3, 0.4) is 0 Å². The smallest absolute Gasteiger partial charge is 0.0480 e. The number of likely N-dealkylation sites (N-methyl/N-ethyl adjacent to an activating group) is 1. The zero-order valence-corrected chi connectivity index (χ0v) is 9.82. The van der Waals surface area contributed by atoms with E-state index in [1.54, 1.807) is 0 Å². The maximum absolute atomic E-state index is 5.92. The van der Waals surface area contributed by atoms with Crippen LogP contribution in [0.15, 0.2) is 0 Å². The summed E-state index contributed by atoms with van der Waals surface area (Å²) < 4.78 is 5.41. The molecule has 1 atom stereocenters. The Labute approximate surface area is 93.0 Å². The summed E-state index contributed by atoms with van der Waals surface area (Å²) in [4.78, 5) is 2.53. The molecule has 2 fully saturated rings. The predicted octanol–water partition coefficient (Wildman–Crippen LogP) is 1.22. The Balaban J connectivity index is 1.87. The van der Waals surface area contributed by atoms with Crippen molar-refractivity contribution in [1.82, 2.24) is 4.90 Å². The summed E-state index contributed by atoms with van der Waals surface area (Å²) >= 11 is 0. The van der Waals surface area contributed by atoms with Crippen molar-refractivity contribution in [2.45, 2.75) is 44.2 Å². The first-order chi connectivity index (χ1) is 7.33. The Bertz CT molecular complexity index is 188. The van der Waals surface area contributed by atoms with E-state index < -0.39 is 0 Å². The van der Waals surface area contributed by atoms with E-state index in [2.05, 4.69) is 11.9 Å². The molecule has 0 spiro atoms. The van der Waals surface area contributed by atoms with E-state index in [9.17, 15) is 0 Å². The van der Waals surface area contributed by atoms with Crippen LogP contribution in [0.5, 0.6) is 0 Å². The Morgan fingerprint density at radius 1 is 1.27 bits per heavy atom. The second kappa shape index (κ2) is 5.28. The Morgan fingerprint density at radius 3 is 2.40 bits per heavy atom. The van der Waals surface area contributed by atoms with Crippen molar-refractivity contribution >= 4 is 0 Å². The zero-order valence-electron chi connectivity index (χ0n) is 9.82. The van der Waals surface area contributed by atoms with Crippen LogP contribution in [-0.4, -0.2) is 43.8 Å². The van der Waals surface area contributed by atoms with E-state index in [1.165, 1.54) is 32.1 Å². The fourth-order valence-corrected chi connectivity index (χ4v) is 2.88. The normalized spacial score (nSPS) is 26.6. The van der Waals surface area contributed by atoms with Gasteiger partial charge in [-0.15, -0.1) is 0 Å². The first-order valence-electron chi connectivity index (χ1n) is 6.32. The summed E-state index contributed by atoms with van der Waals surface area (Å²) in [6.45, 7) is 2.67. The summed E-state index contributed by atoms with van der Waals surface area (Å²) in [6.07, 6.45) is 6.53. The van der Waals surface area contributed by atoms with E-state index >= 15 is 0 Å². The van der Waals surface area contributed by atoms with Gasteiger partial charge in [0.05, 0.1) is 0 Å². The number of hydrogen-bond donors (Lipinski definition) is 1. The minimum atomic E-state index is 0.613. The minimum absolute atomic E-state index is 0.613. The molecule has 0 radical (unpaired) electrons. The zero-order chi connectivity index (χ0) is 10.7. The highest BCUT2D eigenvalue weighted by Gasteiger charge is 2.32. The lowest BCUT2D eigenvalue weighted by molar-refractivity contribution is 0.00928. The number of ether oxygens (including phenoxy) is 1. The topological polar surface area (TPSA) is 38.5 Å². The molecular weight excluding hydrogens is 188 g/mol. The van der Waals surface area contributed by atoms with E-state index in [0.717, 1.165) is 25.7 Å². The monoisotopic (exact) mass is 212 g/mol. The quantitative estimate of drug-likeness (QED) is 0.761. The molecule has 2 rings (SSSR count). The SMILES string of the molecule is CN(C1CCOCC1)C(CN)C1CCC1. The standard InChI is InChI=1S/C12H24N2O/c1-14(11-5-7-15-8-6-11)12(9-13)10-3-2-4-10/h10-12H,2-9,13H2,1H3. The minimum Gasteiger partial charge on any atom is -0.381 e. The van der Waals surface area contributed by atoms with Gasteiger partial charge in [-0.3, -0.25) is 4.90 Å². The maximum atomic E-state index is 5.92. The van der Waals surface area contributed by atoms with Crippen molar-refractivity contribution in [3.05, 3.63) is 0 Å². The van der Waals surface area contributed by atoms with Gasteiger partial charge in [0.15, 0.2) is 0 Å². The van der Waals surface area contributed by atoms with Gasteiger partial charge in [0, 0.05) is 31.8 Å². The summed E-state index contributed by atoms with van der Waals surface area (Å²) in [5.41, 5.74) is 5.92. The van der Waals surface area contributed by atoms with Crippen LogP contribution in [0.4, 0.5) is 0 Å². The maximum Gasteiger partial charge on any atom is 0.0480 e. The summed E-state index contributed by atoms with van der Waals surface area (Å²) in [6, 6.07) is 1.31. The molecule has 0 aromatic carbocycles. The summed E-state index contributed by atoms with van der Waals surface area (Å²) in [5.74, 6) is 0.864. The number of nitrogens with zero attached hydrogens (tertiary/aromatic N) is 1. The number of rotatable bonds is 4. The molecule has 15 heavy (non-hydrogen) atoms. The second-order valence-corrected chi connectivity index (χ2v) is 5.00. The van der Waals surface area contributed by atoms with Crippen LogP contribution in [0.1, 0.15) is 32.1 Å². The van der Waals surface area contributed by atoms with E-state index in [1.807, 2.05) is 0 Å². The molecule has 1 unspecified atom stereocenters. The van der Waals surface area contributed by atoms with Gasteiger partial charge in [-0.2, -0.15) is 0 Å². The molecule has 0 aromatic heterocycles. The van der Waals surface area contributed by atoms with Crippen molar-refractivity contribution < 1.29 is 4.74 Å². The van der Waals surface area contributed by atoms with Crippen molar-refractivity contribution in [3.63, 3.8) is 0 Å². The molecule has 0 amide bonds. The summed E-state index contributed by atoms with van der Waals surface area (Å²) in [7, 11) is 2.26. The molecule has 2 N–H and O–H groups in total. The van der Waals surface area contributed by atoms with E-state index in [4.69, 9.17) is 10.5 Å². The van der Waals surface area contributed by atoms with Crippen LogP contribution in [-0.2, 0) is 4.74 Å². The van der Waals surface area contributed by atoms with Crippen LogP contribution in [0, 0.1) is 5.92 Å². The van der Waals surface area contributed by atoms with Gasteiger partial charge < -0.3 is 10.5 Å². The van der Waals surface area contributed by atoms with Crippen molar-refractivity contribution in [3.8, 4) is 0 Å². The molecular formula is C12H24N2O. The van der Waals surface area contributed by atoms with Gasteiger partial charge >= 0.3 is 0 Å². The van der Waals surface area contributed by atoms with Crippen LogP contribution < -0.4 is 5.73 Å². The molecule has 88 valence electrons. The fourth-order valence-electron chi connectivity index (χ4n) is 2.88. The molecule has 0 bridgehead atoms. The van der Waals surface area contributed by atoms with Gasteiger partial charge in [-0.25, -0.2) is 0 Å². The van der Waals surface area contributed by atoms with E-state index in [0.29, 0.717) is 12.1 Å². The lowest BCUT2D eigenvalue weighted by atomic mass is 9.78. The lowest BCUT2D eigenvalue weighted by Gasteiger charge is -2.43. The van der Waals surface area contributed by atoms with Crippen LogP contribution >= 0.6 is 0 Å². The predicted molar refractivity (Wildman–Crippen MR) is 61.8 cm³/mol. The van der Waals surface area contributed by atoms with Gasteiger partial charge in [-0.05, 0) is 38.6 Å². The molecule has 1 saturated carbocycles. The second-order valence-electron chi connectivity index (χ2n) is 5.00. The number of hydrogen-bond acceptors (Lipinski definition) is 3. The Hall–Kier alpha value is -0.120.